The average Bonchev–Trinajstić information content (AvgIpc) is 3.17. The summed E-state index contributed by atoms with van der Waals surface area (Å²) in [6, 6.07) is 8.32. The molecule has 2 atom stereocenters. The maximum atomic E-state index is 12.3. The molecular formula is C17H22N2O2S. The lowest BCUT2D eigenvalue weighted by atomic mass is 10.1. The van der Waals surface area contributed by atoms with Gasteiger partial charge in [0, 0.05) is 24.9 Å². The third kappa shape index (κ3) is 3.25. The normalized spacial score (nSPS) is 19.3. The Morgan fingerprint density at radius 1 is 1.50 bits per heavy atom. The van der Waals surface area contributed by atoms with E-state index >= 15 is 0 Å². The predicted molar refractivity (Wildman–Crippen MR) is 90.3 cm³/mol. The minimum atomic E-state index is -0.0433. The smallest absolute Gasteiger partial charge is 0.317 e. The zero-order valence-electron chi connectivity index (χ0n) is 13.0. The highest BCUT2D eigenvalue weighted by Gasteiger charge is 2.24. The van der Waals surface area contributed by atoms with Crippen LogP contribution in [-0.4, -0.2) is 36.7 Å². The van der Waals surface area contributed by atoms with Crippen molar-refractivity contribution in [1.82, 2.24) is 10.2 Å². The van der Waals surface area contributed by atoms with E-state index in [-0.39, 0.29) is 18.2 Å². The van der Waals surface area contributed by atoms with Crippen LogP contribution in [0.3, 0.4) is 0 Å². The molecule has 1 aliphatic rings. The summed E-state index contributed by atoms with van der Waals surface area (Å²) in [5, 5.41) is 6.42. The second kappa shape index (κ2) is 6.67. The van der Waals surface area contributed by atoms with Gasteiger partial charge < -0.3 is 15.0 Å². The maximum Gasteiger partial charge on any atom is 0.317 e. The maximum absolute atomic E-state index is 12.3. The van der Waals surface area contributed by atoms with Gasteiger partial charge in [0.15, 0.2) is 0 Å². The monoisotopic (exact) mass is 318 g/mol. The molecule has 4 nitrogen and oxygen atoms in total. The first-order valence-electron chi connectivity index (χ1n) is 7.73. The first kappa shape index (κ1) is 15.3. The van der Waals surface area contributed by atoms with E-state index in [1.54, 1.807) is 16.2 Å². The molecule has 0 bridgehead atoms. The number of benzene rings is 1. The molecule has 1 N–H and O–H groups in total. The van der Waals surface area contributed by atoms with Crippen LogP contribution in [0.2, 0.25) is 0 Å². The second-order valence-electron chi connectivity index (χ2n) is 5.90. The zero-order chi connectivity index (χ0) is 15.5. The standard InChI is InChI=1S/C17H22N2O2S/c1-12(15-7-5-9-21-15)18-17(20)19(2)10-13-11-22-16-8-4-3-6-14(13)16/h3-4,6,8,11-12,15H,5,7,9-10H2,1-2H3,(H,18,20)/t12-,15+/m0/s1. The molecule has 1 saturated heterocycles. The zero-order valence-corrected chi connectivity index (χ0v) is 13.9. The number of fused-ring (bicyclic) bond motifs is 1. The molecule has 1 aromatic carbocycles. The van der Waals surface area contributed by atoms with Crippen molar-refractivity contribution in [2.75, 3.05) is 13.7 Å². The van der Waals surface area contributed by atoms with Crippen LogP contribution < -0.4 is 5.32 Å². The van der Waals surface area contributed by atoms with Crippen molar-refractivity contribution in [1.29, 1.82) is 0 Å². The van der Waals surface area contributed by atoms with Crippen LogP contribution in [0.25, 0.3) is 10.1 Å². The van der Waals surface area contributed by atoms with Gasteiger partial charge in [-0.05, 0) is 42.2 Å². The van der Waals surface area contributed by atoms with Gasteiger partial charge in [-0.15, -0.1) is 11.3 Å². The molecule has 5 heteroatoms. The Kier molecular flexibility index (Phi) is 4.64. The van der Waals surface area contributed by atoms with Gasteiger partial charge in [-0.25, -0.2) is 4.79 Å². The van der Waals surface area contributed by atoms with Crippen molar-refractivity contribution >= 4 is 27.5 Å². The molecule has 2 aromatic rings. The van der Waals surface area contributed by atoms with Crippen LogP contribution in [-0.2, 0) is 11.3 Å². The highest BCUT2D eigenvalue weighted by Crippen LogP contribution is 2.26. The molecule has 118 valence electrons. The molecule has 0 saturated carbocycles. The summed E-state index contributed by atoms with van der Waals surface area (Å²) in [6.07, 6.45) is 2.27. The molecule has 3 rings (SSSR count). The third-order valence-electron chi connectivity index (χ3n) is 4.19. The summed E-state index contributed by atoms with van der Waals surface area (Å²) < 4.78 is 6.89. The Morgan fingerprint density at radius 3 is 3.09 bits per heavy atom. The van der Waals surface area contributed by atoms with Crippen molar-refractivity contribution in [3.63, 3.8) is 0 Å². The van der Waals surface area contributed by atoms with E-state index in [9.17, 15) is 4.79 Å². The molecule has 0 aliphatic carbocycles. The summed E-state index contributed by atoms with van der Waals surface area (Å²) in [6.45, 7) is 3.44. The summed E-state index contributed by atoms with van der Waals surface area (Å²) in [7, 11) is 1.84. The SMILES string of the molecule is C[C@H](NC(=O)N(C)Cc1csc2ccccc12)[C@H]1CCCO1. The van der Waals surface area contributed by atoms with Gasteiger partial charge in [-0.3, -0.25) is 0 Å². The van der Waals surface area contributed by atoms with Crippen LogP contribution in [0.1, 0.15) is 25.3 Å². The highest BCUT2D eigenvalue weighted by molar-refractivity contribution is 7.17. The van der Waals surface area contributed by atoms with E-state index in [4.69, 9.17) is 4.74 Å². The molecule has 1 fully saturated rings. The Labute approximate surface area is 135 Å². The van der Waals surface area contributed by atoms with Crippen LogP contribution >= 0.6 is 11.3 Å². The predicted octanol–water partition coefficient (Wildman–Crippen LogP) is 3.61. The van der Waals surface area contributed by atoms with Crippen molar-refractivity contribution in [2.24, 2.45) is 0 Å². The Hall–Kier alpha value is -1.59. The number of carbonyl (C=O) groups is 1. The molecule has 0 unspecified atom stereocenters. The average molecular weight is 318 g/mol. The quantitative estimate of drug-likeness (QED) is 0.935. The van der Waals surface area contributed by atoms with E-state index < -0.39 is 0 Å². The van der Waals surface area contributed by atoms with E-state index in [2.05, 4.69) is 22.8 Å². The van der Waals surface area contributed by atoms with E-state index in [1.165, 1.54) is 15.6 Å². The summed E-state index contributed by atoms with van der Waals surface area (Å²) >= 11 is 1.72. The topological polar surface area (TPSA) is 41.6 Å². The second-order valence-corrected chi connectivity index (χ2v) is 6.81. The Bertz CT molecular complexity index is 649. The minimum Gasteiger partial charge on any atom is -0.376 e. The summed E-state index contributed by atoms with van der Waals surface area (Å²) in [4.78, 5) is 14.1. The molecule has 22 heavy (non-hydrogen) atoms. The van der Waals surface area contributed by atoms with Gasteiger partial charge >= 0.3 is 6.03 Å². The number of nitrogens with one attached hydrogen (secondary N) is 1. The minimum absolute atomic E-state index is 0.0433. The van der Waals surface area contributed by atoms with Crippen LogP contribution in [0.15, 0.2) is 29.6 Å². The van der Waals surface area contributed by atoms with Crippen LogP contribution in [0.5, 0.6) is 0 Å². The Balaban J connectivity index is 1.61. The number of hydrogen-bond acceptors (Lipinski definition) is 3. The number of hydrogen-bond donors (Lipinski definition) is 1. The van der Waals surface area contributed by atoms with E-state index in [0.29, 0.717) is 6.54 Å². The fourth-order valence-corrected chi connectivity index (χ4v) is 3.83. The van der Waals surface area contributed by atoms with Crippen LogP contribution in [0.4, 0.5) is 4.79 Å². The lowest BCUT2D eigenvalue weighted by Crippen LogP contribution is -2.46. The number of urea groups is 1. The van der Waals surface area contributed by atoms with Gasteiger partial charge in [0.05, 0.1) is 12.1 Å². The molecule has 0 spiro atoms. The fraction of sp³-hybridized carbons (Fsp3) is 0.471. The molecule has 2 amide bonds. The van der Waals surface area contributed by atoms with Crippen LogP contribution in [0, 0.1) is 0 Å². The van der Waals surface area contributed by atoms with Gasteiger partial charge in [0.25, 0.3) is 0 Å². The lowest BCUT2D eigenvalue weighted by molar-refractivity contribution is 0.0838. The molecule has 0 radical (unpaired) electrons. The van der Waals surface area contributed by atoms with Gasteiger partial charge in [0.1, 0.15) is 0 Å². The number of amides is 2. The third-order valence-corrected chi connectivity index (χ3v) is 5.20. The number of ether oxygens (including phenoxy) is 1. The number of thiophene rings is 1. The van der Waals surface area contributed by atoms with Crippen molar-refractivity contribution in [3.05, 3.63) is 35.2 Å². The summed E-state index contributed by atoms with van der Waals surface area (Å²) in [5.41, 5.74) is 1.20. The largest absolute Gasteiger partial charge is 0.376 e. The first-order valence-corrected chi connectivity index (χ1v) is 8.61. The van der Waals surface area contributed by atoms with Gasteiger partial charge in [-0.1, -0.05) is 18.2 Å². The highest BCUT2D eigenvalue weighted by atomic mass is 32.1. The molecule has 1 aliphatic heterocycles. The first-order chi connectivity index (χ1) is 10.6. The molecule has 1 aromatic heterocycles. The Morgan fingerprint density at radius 2 is 2.32 bits per heavy atom. The molecular weight excluding hydrogens is 296 g/mol. The van der Waals surface area contributed by atoms with Gasteiger partial charge in [-0.2, -0.15) is 0 Å². The van der Waals surface area contributed by atoms with E-state index in [1.807, 2.05) is 26.1 Å². The van der Waals surface area contributed by atoms with Gasteiger partial charge in [0.2, 0.25) is 0 Å². The van der Waals surface area contributed by atoms with Crippen molar-refractivity contribution in [3.8, 4) is 0 Å². The number of rotatable bonds is 4. The summed E-state index contributed by atoms with van der Waals surface area (Å²) in [5.74, 6) is 0. The number of nitrogens with zero attached hydrogens (tertiary/aromatic N) is 1. The van der Waals surface area contributed by atoms with E-state index in [0.717, 1.165) is 19.4 Å². The fourth-order valence-electron chi connectivity index (χ4n) is 2.88. The van der Waals surface area contributed by atoms with Crippen molar-refractivity contribution < 1.29 is 9.53 Å². The molecule has 2 heterocycles. The van der Waals surface area contributed by atoms with Crippen molar-refractivity contribution in [2.45, 2.75) is 38.5 Å². The lowest BCUT2D eigenvalue weighted by Gasteiger charge is -2.24. The number of carbonyl (C=O) groups excluding carboxylic acids is 1.